The first-order valence-electron chi connectivity index (χ1n) is 15.6. The fourth-order valence-electron chi connectivity index (χ4n) is 6.15. The number of hydrogen-bond acceptors (Lipinski definition) is 18. The minimum absolute atomic E-state index is 0.0491. The molecule has 18 nitrogen and oxygen atoms in total. The number of rotatable bonds is 9. The molecule has 1 aromatic heterocycles. The zero-order chi connectivity index (χ0) is 36.1. The predicted molar refractivity (Wildman–Crippen MR) is 163 cm³/mol. The van der Waals surface area contributed by atoms with Crippen LogP contribution in [0, 0.1) is 0 Å². The first-order chi connectivity index (χ1) is 23.8. The number of phenolic OH excluding ortho intramolecular Hbond substituents is 1. The topological polar surface area (TPSA) is 299 Å². The summed E-state index contributed by atoms with van der Waals surface area (Å²) in [4.78, 5) is 13.7. The van der Waals surface area contributed by atoms with Crippen LogP contribution < -0.4 is 10.2 Å². The van der Waals surface area contributed by atoms with Gasteiger partial charge in [-0.3, -0.25) is 4.79 Å². The Hall–Kier alpha value is -3.31. The quantitative estimate of drug-likeness (QED) is 0.102. The molecule has 13 unspecified atom stereocenters. The zero-order valence-electron chi connectivity index (χ0n) is 26.1. The largest absolute Gasteiger partial charge is 0.507 e. The van der Waals surface area contributed by atoms with Gasteiger partial charge in [0.05, 0.1) is 42.9 Å². The summed E-state index contributed by atoms with van der Waals surface area (Å²) in [6.07, 6.45) is -17.8. The number of ether oxygens (including phenoxy) is 5. The summed E-state index contributed by atoms with van der Waals surface area (Å²) < 4.78 is 33.2. The maximum absolute atomic E-state index is 13.7. The number of aliphatic hydroxyl groups excluding tert-OH is 9. The number of aromatic hydroxyl groups is 1. The van der Waals surface area contributed by atoms with Crippen LogP contribution in [0.15, 0.2) is 51.9 Å². The van der Waals surface area contributed by atoms with Crippen LogP contribution >= 0.6 is 0 Å². The van der Waals surface area contributed by atoms with Crippen LogP contribution in [0.25, 0.3) is 22.1 Å². The molecule has 3 aliphatic rings. The molecule has 4 heterocycles. The van der Waals surface area contributed by atoms with Gasteiger partial charge < -0.3 is 84.3 Å². The summed E-state index contributed by atoms with van der Waals surface area (Å²) in [7, 11) is 0. The lowest BCUT2D eigenvalue weighted by atomic mass is 9.89. The molecule has 0 saturated carbocycles. The highest BCUT2D eigenvalue weighted by Crippen LogP contribution is 2.41. The molecule has 0 spiro atoms. The Bertz CT molecular complexity index is 1700. The number of hydrogen-bond donors (Lipinski definition) is 11. The molecule has 3 aromatic rings. The second-order valence-electron chi connectivity index (χ2n) is 12.5. The number of aliphatic hydroxyl groups is 10. The molecular formula is C32H38O18. The molecule has 18 heteroatoms. The van der Waals surface area contributed by atoms with Gasteiger partial charge in [0.1, 0.15) is 90.0 Å². The predicted octanol–water partition coefficient (Wildman–Crippen LogP) is -3.68. The van der Waals surface area contributed by atoms with Gasteiger partial charge in [0.2, 0.25) is 11.7 Å². The highest BCUT2D eigenvalue weighted by Gasteiger charge is 2.51. The smallest absolute Gasteiger partial charge is 0.229 e. The summed E-state index contributed by atoms with van der Waals surface area (Å²) in [5, 5.41) is 112. The summed E-state index contributed by atoms with van der Waals surface area (Å²) in [5.41, 5.74) is -2.54. The molecular weight excluding hydrogens is 672 g/mol. The summed E-state index contributed by atoms with van der Waals surface area (Å²) in [6.45, 7) is -2.44. The van der Waals surface area contributed by atoms with E-state index in [4.69, 9.17) is 28.1 Å². The van der Waals surface area contributed by atoms with Crippen molar-refractivity contribution in [2.24, 2.45) is 0 Å². The van der Waals surface area contributed by atoms with Gasteiger partial charge in [-0.25, -0.2) is 0 Å². The average molecular weight is 711 g/mol. The molecule has 11 N–H and O–H groups in total. The first-order valence-corrected chi connectivity index (χ1v) is 15.6. The number of benzene rings is 2. The lowest BCUT2D eigenvalue weighted by Gasteiger charge is -2.41. The van der Waals surface area contributed by atoms with Gasteiger partial charge in [-0.15, -0.1) is 0 Å². The molecule has 0 bridgehead atoms. The van der Waals surface area contributed by atoms with Gasteiger partial charge in [0.15, 0.2) is 6.29 Å². The Kier molecular flexibility index (Phi) is 10.5. The maximum Gasteiger partial charge on any atom is 0.229 e. The van der Waals surface area contributed by atoms with Gasteiger partial charge >= 0.3 is 0 Å². The minimum atomic E-state index is -1.98. The van der Waals surface area contributed by atoms with E-state index < -0.39 is 117 Å². The number of fused-ring (bicyclic) bond motifs is 1. The third-order valence-electron chi connectivity index (χ3n) is 9.22. The van der Waals surface area contributed by atoms with Crippen LogP contribution in [0.3, 0.4) is 0 Å². The third-order valence-corrected chi connectivity index (χ3v) is 9.22. The van der Waals surface area contributed by atoms with Crippen molar-refractivity contribution in [3.8, 4) is 22.6 Å². The molecule has 3 saturated heterocycles. The second kappa shape index (κ2) is 14.4. The fraction of sp³-hybridized carbons (Fsp3) is 0.531. The monoisotopic (exact) mass is 710 g/mol. The molecule has 3 aliphatic heterocycles. The van der Waals surface area contributed by atoms with E-state index in [0.29, 0.717) is 5.56 Å². The molecule has 274 valence electrons. The SMILES string of the molecule is O=c1c(-c2ccc(OC3OC(CO)C(O)C(O)C3O)cc2)coc2c(C3OC(COC4OCC(O)(CO)C4O)C(O)C(O)C3O)c(O)ccc12. The molecule has 0 radical (unpaired) electrons. The molecule has 2 aromatic carbocycles. The van der Waals surface area contributed by atoms with E-state index in [1.54, 1.807) is 0 Å². The van der Waals surface area contributed by atoms with Crippen LogP contribution in [0.4, 0.5) is 0 Å². The minimum Gasteiger partial charge on any atom is -0.507 e. The van der Waals surface area contributed by atoms with E-state index in [9.17, 15) is 61.0 Å². The highest BCUT2D eigenvalue weighted by atomic mass is 16.7. The van der Waals surface area contributed by atoms with Gasteiger partial charge in [0.25, 0.3) is 0 Å². The first kappa shape index (κ1) is 36.5. The Morgan fingerprint density at radius 1 is 0.800 bits per heavy atom. The molecule has 6 rings (SSSR count). The molecule has 0 aliphatic carbocycles. The van der Waals surface area contributed by atoms with Crippen molar-refractivity contribution in [1.82, 2.24) is 0 Å². The van der Waals surface area contributed by atoms with Crippen molar-refractivity contribution in [3.63, 3.8) is 0 Å². The Labute approximate surface area is 282 Å². The van der Waals surface area contributed by atoms with Crippen molar-refractivity contribution in [3.05, 3.63) is 58.4 Å². The molecule has 0 amide bonds. The van der Waals surface area contributed by atoms with Crippen molar-refractivity contribution in [1.29, 1.82) is 0 Å². The number of phenols is 1. The summed E-state index contributed by atoms with van der Waals surface area (Å²) in [6, 6.07) is 8.28. The lowest BCUT2D eigenvalue weighted by Crippen LogP contribution is -2.60. The van der Waals surface area contributed by atoms with Gasteiger partial charge in [-0.1, -0.05) is 12.1 Å². The van der Waals surface area contributed by atoms with Crippen LogP contribution in [-0.4, -0.2) is 156 Å². The normalized spacial score (nSPS) is 37.6. The summed E-state index contributed by atoms with van der Waals surface area (Å²) in [5.74, 6) is -0.325. The van der Waals surface area contributed by atoms with Crippen molar-refractivity contribution in [2.75, 3.05) is 26.4 Å². The van der Waals surface area contributed by atoms with E-state index in [0.717, 1.165) is 12.3 Å². The molecule has 13 atom stereocenters. The lowest BCUT2D eigenvalue weighted by molar-refractivity contribution is -0.277. The second-order valence-corrected chi connectivity index (χ2v) is 12.5. The average Bonchev–Trinajstić information content (AvgIpc) is 3.40. The molecule has 3 fully saturated rings. The van der Waals surface area contributed by atoms with E-state index in [2.05, 4.69) is 0 Å². The van der Waals surface area contributed by atoms with E-state index in [1.807, 2.05) is 0 Å². The third kappa shape index (κ3) is 6.49. The standard InChI is InChI=1S/C32H38O18/c33-7-17-21(37)24(40)26(42)30(50-17)48-13-3-1-12(2-4-13)15-8-45-27-14(20(15)36)5-6-16(35)19(27)28-25(41)23(39)22(38)18(49-28)9-46-31-29(43)32(44,10-34)11-47-31/h1-6,8,17-18,21-26,28-31,33-35,37-44H,7,9-11H2. The van der Waals surface area contributed by atoms with Crippen LogP contribution in [0.1, 0.15) is 11.7 Å². The van der Waals surface area contributed by atoms with Gasteiger partial charge in [-0.05, 0) is 29.8 Å². The maximum atomic E-state index is 13.7. The van der Waals surface area contributed by atoms with Crippen molar-refractivity contribution in [2.45, 2.75) is 79.2 Å². The highest BCUT2D eigenvalue weighted by molar-refractivity contribution is 5.86. The van der Waals surface area contributed by atoms with Gasteiger partial charge in [0, 0.05) is 0 Å². The molecule has 50 heavy (non-hydrogen) atoms. The van der Waals surface area contributed by atoms with Crippen LogP contribution in [0.5, 0.6) is 11.5 Å². The summed E-state index contributed by atoms with van der Waals surface area (Å²) >= 11 is 0. The van der Waals surface area contributed by atoms with Crippen molar-refractivity contribution >= 4 is 11.0 Å². The Balaban J connectivity index is 1.23. The zero-order valence-corrected chi connectivity index (χ0v) is 26.1. The van der Waals surface area contributed by atoms with E-state index >= 15 is 0 Å². The van der Waals surface area contributed by atoms with Gasteiger partial charge in [-0.2, -0.15) is 0 Å². The van der Waals surface area contributed by atoms with Crippen LogP contribution in [0.2, 0.25) is 0 Å². The fourth-order valence-corrected chi connectivity index (χ4v) is 6.15. The van der Waals surface area contributed by atoms with Crippen molar-refractivity contribution < 1.29 is 84.3 Å². The Morgan fingerprint density at radius 3 is 2.14 bits per heavy atom. The van der Waals surface area contributed by atoms with E-state index in [1.165, 1.54) is 30.3 Å². The van der Waals surface area contributed by atoms with Crippen LogP contribution in [-0.2, 0) is 18.9 Å². The Morgan fingerprint density at radius 2 is 1.48 bits per heavy atom. The van der Waals surface area contributed by atoms with E-state index in [-0.39, 0.29) is 27.8 Å².